The van der Waals surface area contributed by atoms with E-state index >= 15 is 0 Å². The highest BCUT2D eigenvalue weighted by atomic mass is 15.2. The second-order valence-electron chi connectivity index (χ2n) is 6.89. The lowest BCUT2D eigenvalue weighted by atomic mass is 9.76. The van der Waals surface area contributed by atoms with Crippen LogP contribution in [0.15, 0.2) is 0 Å². The molecular weight excluding hydrogens is 220 g/mol. The zero-order valence-electron chi connectivity index (χ0n) is 12.2. The van der Waals surface area contributed by atoms with E-state index in [9.17, 15) is 0 Å². The van der Waals surface area contributed by atoms with Crippen molar-refractivity contribution in [1.82, 2.24) is 5.43 Å². The molecule has 3 atom stereocenters. The van der Waals surface area contributed by atoms with Gasteiger partial charge in [-0.2, -0.15) is 0 Å². The zero-order valence-corrected chi connectivity index (χ0v) is 12.2. The molecule has 2 rings (SSSR count). The molecule has 2 aliphatic rings. The van der Waals surface area contributed by atoms with Crippen molar-refractivity contribution < 1.29 is 0 Å². The molecule has 3 unspecified atom stereocenters. The topological polar surface area (TPSA) is 38.0 Å². The summed E-state index contributed by atoms with van der Waals surface area (Å²) >= 11 is 0. The minimum Gasteiger partial charge on any atom is -0.271 e. The predicted molar refractivity (Wildman–Crippen MR) is 78.0 cm³/mol. The lowest BCUT2D eigenvalue weighted by Crippen LogP contribution is -2.42. The normalized spacial score (nSPS) is 32.3. The van der Waals surface area contributed by atoms with Crippen molar-refractivity contribution in [2.45, 2.75) is 83.6 Å². The standard InChI is InChI=1S/C16H32N2/c1-13-6-5-9-15(12-13)16(18-17)11-10-14-7-3-2-4-8-14/h13-16,18H,2-12,17H2,1H3. The van der Waals surface area contributed by atoms with Gasteiger partial charge in [-0.25, -0.2) is 0 Å². The van der Waals surface area contributed by atoms with Crippen molar-refractivity contribution >= 4 is 0 Å². The molecule has 106 valence electrons. The minimum absolute atomic E-state index is 0.578. The first-order valence-electron chi connectivity index (χ1n) is 8.25. The first-order chi connectivity index (χ1) is 8.79. The SMILES string of the molecule is CC1CCCC(C(CCC2CCCCC2)NN)C1. The van der Waals surface area contributed by atoms with Crippen LogP contribution in [0.2, 0.25) is 0 Å². The summed E-state index contributed by atoms with van der Waals surface area (Å²) in [7, 11) is 0. The molecule has 0 aromatic rings. The average Bonchev–Trinajstić information content (AvgIpc) is 2.41. The van der Waals surface area contributed by atoms with Crippen LogP contribution in [-0.4, -0.2) is 6.04 Å². The van der Waals surface area contributed by atoms with E-state index in [-0.39, 0.29) is 0 Å². The number of hydrazine groups is 1. The van der Waals surface area contributed by atoms with Crippen molar-refractivity contribution in [3.8, 4) is 0 Å². The van der Waals surface area contributed by atoms with Crippen molar-refractivity contribution in [2.24, 2.45) is 23.6 Å². The molecule has 0 bridgehead atoms. The van der Waals surface area contributed by atoms with Gasteiger partial charge in [0.25, 0.3) is 0 Å². The van der Waals surface area contributed by atoms with E-state index in [1.807, 2.05) is 0 Å². The molecule has 2 heteroatoms. The van der Waals surface area contributed by atoms with Gasteiger partial charge in [-0.1, -0.05) is 51.9 Å². The zero-order chi connectivity index (χ0) is 12.8. The Morgan fingerprint density at radius 1 is 1.06 bits per heavy atom. The minimum atomic E-state index is 0.578. The second-order valence-corrected chi connectivity index (χ2v) is 6.89. The van der Waals surface area contributed by atoms with E-state index in [1.165, 1.54) is 70.6 Å². The van der Waals surface area contributed by atoms with Gasteiger partial charge in [-0.15, -0.1) is 0 Å². The summed E-state index contributed by atoms with van der Waals surface area (Å²) in [4.78, 5) is 0. The molecule has 2 saturated carbocycles. The van der Waals surface area contributed by atoms with Crippen LogP contribution in [0.5, 0.6) is 0 Å². The number of hydrogen-bond donors (Lipinski definition) is 2. The number of hydrogen-bond acceptors (Lipinski definition) is 2. The summed E-state index contributed by atoms with van der Waals surface area (Å²) < 4.78 is 0. The Labute approximate surface area is 113 Å². The van der Waals surface area contributed by atoms with Crippen LogP contribution < -0.4 is 11.3 Å². The van der Waals surface area contributed by atoms with Gasteiger partial charge in [0, 0.05) is 6.04 Å². The number of nitrogens with one attached hydrogen (secondary N) is 1. The summed E-state index contributed by atoms with van der Waals surface area (Å²) in [5.74, 6) is 8.56. The summed E-state index contributed by atoms with van der Waals surface area (Å²) in [6, 6.07) is 0.578. The summed E-state index contributed by atoms with van der Waals surface area (Å²) in [5, 5.41) is 0. The number of nitrogens with two attached hydrogens (primary N) is 1. The van der Waals surface area contributed by atoms with Crippen LogP contribution in [0.25, 0.3) is 0 Å². The summed E-state index contributed by atoms with van der Waals surface area (Å²) in [6.45, 7) is 2.40. The molecule has 3 N–H and O–H groups in total. The second kappa shape index (κ2) is 7.49. The molecule has 0 saturated heterocycles. The molecule has 0 radical (unpaired) electrons. The van der Waals surface area contributed by atoms with E-state index in [4.69, 9.17) is 5.84 Å². The van der Waals surface area contributed by atoms with Gasteiger partial charge in [0.1, 0.15) is 0 Å². The Kier molecular flexibility index (Phi) is 5.97. The molecule has 2 nitrogen and oxygen atoms in total. The third-order valence-corrected chi connectivity index (χ3v) is 5.37. The fourth-order valence-electron chi connectivity index (χ4n) is 4.19. The Bertz CT molecular complexity index is 223. The van der Waals surface area contributed by atoms with Crippen LogP contribution >= 0.6 is 0 Å². The first kappa shape index (κ1) is 14.3. The molecule has 0 aliphatic heterocycles. The molecule has 0 heterocycles. The first-order valence-corrected chi connectivity index (χ1v) is 8.25. The average molecular weight is 252 g/mol. The highest BCUT2D eigenvalue weighted by Gasteiger charge is 2.26. The smallest absolute Gasteiger partial charge is 0.0238 e. The van der Waals surface area contributed by atoms with E-state index in [0.29, 0.717) is 6.04 Å². The van der Waals surface area contributed by atoms with Crippen LogP contribution in [-0.2, 0) is 0 Å². The largest absolute Gasteiger partial charge is 0.271 e. The van der Waals surface area contributed by atoms with Gasteiger partial charge in [0.2, 0.25) is 0 Å². The monoisotopic (exact) mass is 252 g/mol. The lowest BCUT2D eigenvalue weighted by molar-refractivity contribution is 0.202. The molecule has 0 spiro atoms. The Morgan fingerprint density at radius 3 is 2.50 bits per heavy atom. The van der Waals surface area contributed by atoms with Crippen molar-refractivity contribution in [3.05, 3.63) is 0 Å². The van der Waals surface area contributed by atoms with E-state index in [0.717, 1.165) is 17.8 Å². The van der Waals surface area contributed by atoms with Crippen molar-refractivity contribution in [3.63, 3.8) is 0 Å². The van der Waals surface area contributed by atoms with Gasteiger partial charge >= 0.3 is 0 Å². The van der Waals surface area contributed by atoms with Crippen LogP contribution in [0.1, 0.15) is 77.6 Å². The van der Waals surface area contributed by atoms with Crippen LogP contribution in [0.4, 0.5) is 0 Å². The quantitative estimate of drug-likeness (QED) is 0.573. The van der Waals surface area contributed by atoms with Gasteiger partial charge in [0.05, 0.1) is 0 Å². The third-order valence-electron chi connectivity index (χ3n) is 5.37. The molecule has 2 aliphatic carbocycles. The summed E-state index contributed by atoms with van der Waals surface area (Å²) in [6.07, 6.45) is 15.7. The molecule has 18 heavy (non-hydrogen) atoms. The van der Waals surface area contributed by atoms with Crippen molar-refractivity contribution in [1.29, 1.82) is 0 Å². The van der Waals surface area contributed by atoms with Gasteiger partial charge in [0.15, 0.2) is 0 Å². The Hall–Kier alpha value is -0.0800. The van der Waals surface area contributed by atoms with Crippen LogP contribution in [0.3, 0.4) is 0 Å². The highest BCUT2D eigenvalue weighted by molar-refractivity contribution is 4.81. The molecule has 0 amide bonds. The third kappa shape index (κ3) is 4.24. The van der Waals surface area contributed by atoms with Gasteiger partial charge in [-0.3, -0.25) is 11.3 Å². The lowest BCUT2D eigenvalue weighted by Gasteiger charge is -2.34. The summed E-state index contributed by atoms with van der Waals surface area (Å²) in [5.41, 5.74) is 3.13. The van der Waals surface area contributed by atoms with Gasteiger partial charge in [-0.05, 0) is 43.4 Å². The van der Waals surface area contributed by atoms with Gasteiger partial charge < -0.3 is 0 Å². The Balaban J connectivity index is 1.73. The molecule has 0 aromatic heterocycles. The molecule has 0 aromatic carbocycles. The van der Waals surface area contributed by atoms with Crippen LogP contribution in [0, 0.1) is 17.8 Å². The van der Waals surface area contributed by atoms with Crippen molar-refractivity contribution in [2.75, 3.05) is 0 Å². The van der Waals surface area contributed by atoms with E-state index in [1.54, 1.807) is 0 Å². The maximum absolute atomic E-state index is 5.81. The van der Waals surface area contributed by atoms with E-state index < -0.39 is 0 Å². The highest BCUT2D eigenvalue weighted by Crippen LogP contribution is 2.34. The maximum Gasteiger partial charge on any atom is 0.0238 e. The fourth-order valence-corrected chi connectivity index (χ4v) is 4.19. The maximum atomic E-state index is 5.81. The Morgan fingerprint density at radius 2 is 1.83 bits per heavy atom. The fraction of sp³-hybridized carbons (Fsp3) is 1.00. The van der Waals surface area contributed by atoms with E-state index in [2.05, 4.69) is 12.3 Å². The molecular formula is C16H32N2. The molecule has 2 fully saturated rings. The number of rotatable bonds is 5. The predicted octanol–water partition coefficient (Wildman–Crippen LogP) is 4.01.